The molecule has 1 aliphatic rings. The number of ether oxygens (including phenoxy) is 1. The molecule has 0 aliphatic carbocycles. The monoisotopic (exact) mass is 412 g/mol. The molecule has 0 spiro atoms. The third kappa shape index (κ3) is 4.75. The van der Waals surface area contributed by atoms with Gasteiger partial charge in [-0.05, 0) is 29.8 Å². The van der Waals surface area contributed by atoms with E-state index in [9.17, 15) is 19.5 Å². The van der Waals surface area contributed by atoms with Crippen LogP contribution in [0.4, 0.5) is 11.4 Å². The number of carbonyl (C=O) groups excluding carboxylic acids is 3. The topological polar surface area (TPSA) is 111 Å². The molecule has 2 aromatic rings. The van der Waals surface area contributed by atoms with Crippen LogP contribution in [0.2, 0.25) is 0 Å². The van der Waals surface area contributed by atoms with Gasteiger partial charge in [0.25, 0.3) is 0 Å². The lowest BCUT2D eigenvalue weighted by molar-refractivity contribution is -0.255. The molecule has 1 saturated heterocycles. The molecule has 0 aromatic heterocycles. The first-order valence-corrected chi connectivity index (χ1v) is 9.54. The number of nitrogens with zero attached hydrogens (tertiary/aromatic N) is 2. The van der Waals surface area contributed by atoms with Crippen molar-refractivity contribution in [2.75, 3.05) is 19.5 Å². The van der Waals surface area contributed by atoms with Crippen LogP contribution in [0.15, 0.2) is 53.5 Å². The summed E-state index contributed by atoms with van der Waals surface area (Å²) in [5.74, 6) is -1.28. The number of aliphatic imine (C=N–C) groups is 1. The van der Waals surface area contributed by atoms with Crippen LogP contribution in [0, 0.1) is 0 Å². The first kappa shape index (κ1) is 20.4. The van der Waals surface area contributed by atoms with Crippen LogP contribution in [0.1, 0.15) is 16.8 Å². The average molecular weight is 412 g/mol. The number of methoxy groups -OCH3 is 1. The van der Waals surface area contributed by atoms with Gasteiger partial charge in [0.15, 0.2) is 5.17 Å². The molecular formula is C20H18N3O5S-. The normalized spacial score (nSPS) is 17.4. The van der Waals surface area contributed by atoms with Gasteiger partial charge in [-0.2, -0.15) is 0 Å². The highest BCUT2D eigenvalue weighted by atomic mass is 32.2. The zero-order valence-corrected chi connectivity index (χ0v) is 16.6. The number of carboxylic acid groups (broad SMARTS) is 1. The van der Waals surface area contributed by atoms with E-state index < -0.39 is 11.2 Å². The largest absolute Gasteiger partial charge is 0.545 e. The van der Waals surface area contributed by atoms with Crippen LogP contribution in [-0.4, -0.2) is 47.3 Å². The fourth-order valence-corrected chi connectivity index (χ4v) is 3.84. The fourth-order valence-electron chi connectivity index (χ4n) is 2.69. The summed E-state index contributed by atoms with van der Waals surface area (Å²) >= 11 is 1.21. The Balaban J connectivity index is 1.67. The maximum absolute atomic E-state index is 12.5. The fraction of sp³-hybridized carbons (Fsp3) is 0.200. The van der Waals surface area contributed by atoms with E-state index in [0.717, 1.165) is 0 Å². The number of hydrogen-bond acceptors (Lipinski definition) is 7. The van der Waals surface area contributed by atoms with Gasteiger partial charge in [-0.3, -0.25) is 14.5 Å². The molecule has 0 radical (unpaired) electrons. The van der Waals surface area contributed by atoms with Crippen molar-refractivity contribution in [1.29, 1.82) is 0 Å². The summed E-state index contributed by atoms with van der Waals surface area (Å²) in [6, 6.07) is 12.8. The van der Waals surface area contributed by atoms with Crippen LogP contribution >= 0.6 is 11.8 Å². The minimum absolute atomic E-state index is 0.0170. The molecule has 1 aliphatic heterocycles. The third-order valence-electron chi connectivity index (χ3n) is 4.22. The molecule has 1 atom stereocenters. The zero-order chi connectivity index (χ0) is 21.0. The molecule has 3 rings (SSSR count). The van der Waals surface area contributed by atoms with Crippen molar-refractivity contribution in [3.05, 3.63) is 54.1 Å². The summed E-state index contributed by atoms with van der Waals surface area (Å²) < 4.78 is 5.27. The number of benzene rings is 2. The highest BCUT2D eigenvalue weighted by Gasteiger charge is 2.37. The SMILES string of the molecule is COc1ccccc1N=C1S[C@H](CC(=O)Nc2ccc(C(=O)[O-])cc2)C(=O)N1C. The van der Waals surface area contributed by atoms with Crippen molar-refractivity contribution in [3.63, 3.8) is 0 Å². The third-order valence-corrected chi connectivity index (χ3v) is 5.45. The van der Waals surface area contributed by atoms with Gasteiger partial charge in [-0.15, -0.1) is 0 Å². The lowest BCUT2D eigenvalue weighted by Gasteiger charge is -2.10. The number of rotatable bonds is 6. The number of carbonyl (C=O) groups is 3. The number of amidine groups is 1. The summed E-state index contributed by atoms with van der Waals surface area (Å²) in [5.41, 5.74) is 1.05. The Labute approximate surface area is 171 Å². The van der Waals surface area contributed by atoms with Crippen molar-refractivity contribution in [3.8, 4) is 5.75 Å². The number of carboxylic acids is 1. The number of hydrogen-bond donors (Lipinski definition) is 1. The Morgan fingerprint density at radius 1 is 1.21 bits per heavy atom. The average Bonchev–Trinajstić information content (AvgIpc) is 2.96. The highest BCUT2D eigenvalue weighted by Crippen LogP contribution is 2.33. The second-order valence-corrected chi connectivity index (χ2v) is 7.36. The maximum Gasteiger partial charge on any atom is 0.242 e. The Kier molecular flexibility index (Phi) is 6.18. The van der Waals surface area contributed by atoms with Gasteiger partial charge in [0.2, 0.25) is 11.8 Å². The van der Waals surface area contributed by atoms with Gasteiger partial charge >= 0.3 is 0 Å². The molecule has 8 nitrogen and oxygen atoms in total. The molecule has 2 aromatic carbocycles. The summed E-state index contributed by atoms with van der Waals surface area (Å²) in [5, 5.41) is 13.3. The van der Waals surface area contributed by atoms with Crippen molar-refractivity contribution < 1.29 is 24.2 Å². The van der Waals surface area contributed by atoms with Gasteiger partial charge in [-0.1, -0.05) is 36.0 Å². The van der Waals surface area contributed by atoms with E-state index in [1.807, 2.05) is 12.1 Å². The van der Waals surface area contributed by atoms with E-state index in [1.54, 1.807) is 26.3 Å². The Bertz CT molecular complexity index is 974. The Morgan fingerprint density at radius 3 is 2.55 bits per heavy atom. The quantitative estimate of drug-likeness (QED) is 0.772. The first-order chi connectivity index (χ1) is 13.9. The molecule has 0 saturated carbocycles. The highest BCUT2D eigenvalue weighted by molar-refractivity contribution is 8.15. The van der Waals surface area contributed by atoms with Crippen LogP contribution in [-0.2, 0) is 9.59 Å². The number of anilines is 1. The molecule has 1 heterocycles. The molecule has 29 heavy (non-hydrogen) atoms. The van der Waals surface area contributed by atoms with E-state index in [4.69, 9.17) is 4.74 Å². The smallest absolute Gasteiger partial charge is 0.242 e. The van der Waals surface area contributed by atoms with E-state index >= 15 is 0 Å². The van der Waals surface area contributed by atoms with Gasteiger partial charge in [0.05, 0.1) is 13.1 Å². The van der Waals surface area contributed by atoms with Crippen LogP contribution in [0.5, 0.6) is 5.75 Å². The minimum Gasteiger partial charge on any atom is -0.545 e. The number of aromatic carboxylic acids is 1. The van der Waals surface area contributed by atoms with Crippen molar-refractivity contribution in [2.24, 2.45) is 4.99 Å². The molecular weight excluding hydrogens is 394 g/mol. The summed E-state index contributed by atoms with van der Waals surface area (Å²) in [6.45, 7) is 0. The second-order valence-electron chi connectivity index (χ2n) is 6.19. The van der Waals surface area contributed by atoms with Gasteiger partial charge in [0, 0.05) is 19.2 Å². The number of nitrogens with one attached hydrogen (secondary N) is 1. The van der Waals surface area contributed by atoms with Crippen LogP contribution in [0.3, 0.4) is 0 Å². The van der Waals surface area contributed by atoms with E-state index in [0.29, 0.717) is 22.3 Å². The predicted octanol–water partition coefficient (Wildman–Crippen LogP) is 1.65. The van der Waals surface area contributed by atoms with Crippen molar-refractivity contribution in [2.45, 2.75) is 11.7 Å². The van der Waals surface area contributed by atoms with E-state index in [1.165, 1.54) is 40.9 Å². The summed E-state index contributed by atoms with van der Waals surface area (Å²) in [4.78, 5) is 41.5. The Hall–Kier alpha value is -3.33. The lowest BCUT2D eigenvalue weighted by atomic mass is 10.2. The standard InChI is InChI=1S/C20H19N3O5S/c1-23-18(25)16(29-20(23)22-14-5-3-4-6-15(14)28-2)11-17(24)21-13-9-7-12(8-10-13)19(26)27/h3-10,16H,11H2,1-2H3,(H,21,24)(H,26,27)/p-1/t16-/m1/s1. The molecule has 0 bridgehead atoms. The molecule has 2 amide bonds. The summed E-state index contributed by atoms with van der Waals surface area (Å²) in [6.07, 6.45) is -0.0407. The first-order valence-electron chi connectivity index (χ1n) is 8.66. The van der Waals surface area contributed by atoms with E-state index in [2.05, 4.69) is 10.3 Å². The molecule has 150 valence electrons. The molecule has 9 heteroatoms. The Morgan fingerprint density at radius 2 is 1.90 bits per heavy atom. The molecule has 1 fully saturated rings. The molecule has 0 unspecified atom stereocenters. The second kappa shape index (κ2) is 8.78. The molecule has 1 N–H and O–H groups in total. The zero-order valence-electron chi connectivity index (χ0n) is 15.7. The number of amides is 2. The van der Waals surface area contributed by atoms with Crippen LogP contribution in [0.25, 0.3) is 0 Å². The van der Waals surface area contributed by atoms with Gasteiger partial charge in [-0.25, -0.2) is 4.99 Å². The summed E-state index contributed by atoms with van der Waals surface area (Å²) in [7, 11) is 3.16. The number of para-hydroxylation sites is 2. The lowest BCUT2D eigenvalue weighted by Crippen LogP contribution is -2.30. The maximum atomic E-state index is 12.5. The van der Waals surface area contributed by atoms with Crippen molar-refractivity contribution in [1.82, 2.24) is 4.90 Å². The number of thioether (sulfide) groups is 1. The van der Waals surface area contributed by atoms with Gasteiger partial charge < -0.3 is 20.0 Å². The van der Waals surface area contributed by atoms with Gasteiger partial charge in [0.1, 0.15) is 16.7 Å². The minimum atomic E-state index is -1.29. The van der Waals surface area contributed by atoms with Crippen LogP contribution < -0.4 is 15.2 Å². The van der Waals surface area contributed by atoms with E-state index in [-0.39, 0.29) is 23.8 Å². The van der Waals surface area contributed by atoms with Crippen molar-refractivity contribution >= 4 is 46.1 Å². The predicted molar refractivity (Wildman–Crippen MR) is 108 cm³/mol.